The van der Waals surface area contributed by atoms with Crippen LogP contribution in [0.1, 0.15) is 5.82 Å². The van der Waals surface area contributed by atoms with E-state index in [1.165, 1.54) is 24.3 Å². The van der Waals surface area contributed by atoms with E-state index in [1.807, 2.05) is 35.1 Å². The third-order valence-electron chi connectivity index (χ3n) is 5.32. The fourth-order valence-corrected chi connectivity index (χ4v) is 4.15. The van der Waals surface area contributed by atoms with Crippen molar-refractivity contribution in [2.24, 2.45) is 0 Å². The molecule has 0 aliphatic carbocycles. The van der Waals surface area contributed by atoms with Gasteiger partial charge < -0.3 is 19.7 Å². The number of thioether (sulfide) groups is 1. The highest BCUT2D eigenvalue weighted by Crippen LogP contribution is 2.19. The lowest BCUT2D eigenvalue weighted by Gasteiger charge is -2.35. The molecule has 0 atom stereocenters. The summed E-state index contributed by atoms with van der Waals surface area (Å²) >= 11 is 1.67. The smallest absolute Gasteiger partial charge is 0.321 e. The number of urea groups is 1. The van der Waals surface area contributed by atoms with E-state index in [2.05, 4.69) is 10.3 Å². The number of para-hydroxylation sites is 2. The van der Waals surface area contributed by atoms with Gasteiger partial charge in [0, 0.05) is 31.9 Å². The zero-order valence-corrected chi connectivity index (χ0v) is 18.1. The van der Waals surface area contributed by atoms with E-state index in [0.29, 0.717) is 31.9 Å². The van der Waals surface area contributed by atoms with Crippen molar-refractivity contribution in [3.05, 3.63) is 60.2 Å². The van der Waals surface area contributed by atoms with Gasteiger partial charge in [-0.3, -0.25) is 4.79 Å². The molecule has 1 aliphatic rings. The minimum atomic E-state index is -0.350. The molecule has 0 radical (unpaired) electrons. The van der Waals surface area contributed by atoms with Crippen LogP contribution < -0.4 is 5.32 Å². The molecule has 2 aromatic carbocycles. The van der Waals surface area contributed by atoms with Crippen LogP contribution >= 0.6 is 11.8 Å². The Labute approximate surface area is 184 Å². The van der Waals surface area contributed by atoms with E-state index >= 15 is 0 Å². The Balaban J connectivity index is 1.36. The highest BCUT2D eigenvalue weighted by atomic mass is 32.2. The molecule has 4 rings (SSSR count). The Hall–Kier alpha value is -3.07. The number of imidazole rings is 1. The number of carbonyl (C=O) groups is 2. The average Bonchev–Trinajstić information content (AvgIpc) is 3.13. The predicted molar refractivity (Wildman–Crippen MR) is 121 cm³/mol. The average molecular weight is 442 g/mol. The molecule has 7 nitrogen and oxygen atoms in total. The Bertz CT molecular complexity index is 1080. The number of fused-ring (bicyclic) bond motifs is 1. The summed E-state index contributed by atoms with van der Waals surface area (Å²) in [6.45, 7) is 2.07. The second kappa shape index (κ2) is 9.38. The number of nitrogens with one attached hydrogen (secondary N) is 1. The number of anilines is 1. The Morgan fingerprint density at radius 1 is 1.03 bits per heavy atom. The molecule has 0 spiro atoms. The van der Waals surface area contributed by atoms with E-state index < -0.39 is 0 Å². The van der Waals surface area contributed by atoms with Crippen LogP contribution in [-0.2, 0) is 17.1 Å². The number of nitrogens with zero attached hydrogens (tertiary/aromatic N) is 4. The lowest BCUT2D eigenvalue weighted by atomic mass is 10.3. The SMILES string of the molecule is CSCc1nc2ccccc2n1CC(=O)N1CCN(C(=O)Nc2ccc(F)cc2)CC1. The van der Waals surface area contributed by atoms with Gasteiger partial charge in [0.2, 0.25) is 5.91 Å². The van der Waals surface area contributed by atoms with E-state index in [1.54, 1.807) is 21.6 Å². The monoisotopic (exact) mass is 441 g/mol. The van der Waals surface area contributed by atoms with Crippen molar-refractivity contribution in [1.82, 2.24) is 19.4 Å². The summed E-state index contributed by atoms with van der Waals surface area (Å²) in [5, 5.41) is 2.76. The van der Waals surface area contributed by atoms with Crippen molar-refractivity contribution >= 4 is 40.4 Å². The molecule has 162 valence electrons. The largest absolute Gasteiger partial charge is 0.338 e. The number of hydrogen-bond acceptors (Lipinski definition) is 4. The van der Waals surface area contributed by atoms with Gasteiger partial charge in [-0.1, -0.05) is 12.1 Å². The molecule has 3 amide bonds. The number of benzene rings is 2. The molecule has 9 heteroatoms. The summed E-state index contributed by atoms with van der Waals surface area (Å²) in [7, 11) is 0. The summed E-state index contributed by atoms with van der Waals surface area (Å²) in [6.07, 6.45) is 2.02. The van der Waals surface area contributed by atoms with E-state index in [-0.39, 0.29) is 24.3 Å². The Morgan fingerprint density at radius 2 is 1.71 bits per heavy atom. The number of carbonyl (C=O) groups excluding carboxylic acids is 2. The van der Waals surface area contributed by atoms with Crippen molar-refractivity contribution in [2.45, 2.75) is 12.3 Å². The van der Waals surface area contributed by atoms with Crippen molar-refractivity contribution in [1.29, 1.82) is 0 Å². The first-order chi connectivity index (χ1) is 15.0. The molecule has 3 aromatic rings. The molecule has 1 saturated heterocycles. The Morgan fingerprint density at radius 3 is 2.42 bits per heavy atom. The van der Waals surface area contributed by atoms with Gasteiger partial charge in [-0.25, -0.2) is 14.2 Å². The van der Waals surface area contributed by atoms with Gasteiger partial charge >= 0.3 is 6.03 Å². The normalized spacial score (nSPS) is 14.1. The molecule has 1 aromatic heterocycles. The van der Waals surface area contributed by atoms with Crippen LogP contribution in [0.2, 0.25) is 0 Å². The van der Waals surface area contributed by atoms with Gasteiger partial charge in [0.05, 0.1) is 16.8 Å². The van der Waals surface area contributed by atoms with Crippen molar-refractivity contribution in [3.63, 3.8) is 0 Å². The van der Waals surface area contributed by atoms with Gasteiger partial charge in [-0.15, -0.1) is 0 Å². The van der Waals surface area contributed by atoms with Crippen molar-refractivity contribution < 1.29 is 14.0 Å². The number of aromatic nitrogens is 2. The van der Waals surface area contributed by atoms with Crippen LogP contribution in [0.5, 0.6) is 0 Å². The quantitative estimate of drug-likeness (QED) is 0.659. The van der Waals surface area contributed by atoms with Crippen molar-refractivity contribution in [2.75, 3.05) is 37.8 Å². The standard InChI is InChI=1S/C22H24FN5O2S/c1-31-15-20-25-18-4-2-3-5-19(18)28(20)14-21(29)26-10-12-27(13-11-26)22(30)24-17-8-6-16(23)7-9-17/h2-9H,10-15H2,1H3,(H,24,30). The zero-order chi connectivity index (χ0) is 21.8. The van der Waals surface area contributed by atoms with Crippen LogP contribution in [0.4, 0.5) is 14.9 Å². The fraction of sp³-hybridized carbons (Fsp3) is 0.318. The molecule has 0 bridgehead atoms. The summed E-state index contributed by atoms with van der Waals surface area (Å²) < 4.78 is 15.0. The van der Waals surface area contributed by atoms with E-state index in [4.69, 9.17) is 0 Å². The maximum Gasteiger partial charge on any atom is 0.321 e. The van der Waals surface area contributed by atoms with Crippen LogP contribution in [0.15, 0.2) is 48.5 Å². The highest BCUT2D eigenvalue weighted by molar-refractivity contribution is 7.97. The molecule has 0 saturated carbocycles. The maximum atomic E-state index is 13.0. The third kappa shape index (κ3) is 4.82. The fourth-order valence-electron chi connectivity index (χ4n) is 3.67. The molecular weight excluding hydrogens is 417 g/mol. The molecule has 1 N–H and O–H groups in total. The molecule has 2 heterocycles. The first-order valence-corrected chi connectivity index (χ1v) is 11.5. The van der Waals surface area contributed by atoms with Crippen LogP contribution in [-0.4, -0.2) is 63.7 Å². The van der Waals surface area contributed by atoms with E-state index in [0.717, 1.165) is 22.6 Å². The molecule has 1 fully saturated rings. The molecule has 31 heavy (non-hydrogen) atoms. The summed E-state index contributed by atoms with van der Waals surface area (Å²) in [5.41, 5.74) is 2.39. The Kier molecular flexibility index (Phi) is 6.41. The number of piperazine rings is 1. The van der Waals surface area contributed by atoms with Gasteiger partial charge in [0.1, 0.15) is 18.2 Å². The second-order valence-electron chi connectivity index (χ2n) is 7.34. The minimum Gasteiger partial charge on any atom is -0.338 e. The first kappa shape index (κ1) is 21.2. The van der Waals surface area contributed by atoms with Gasteiger partial charge in [-0.2, -0.15) is 11.8 Å². The lowest BCUT2D eigenvalue weighted by Crippen LogP contribution is -2.52. The van der Waals surface area contributed by atoms with Crippen molar-refractivity contribution in [3.8, 4) is 0 Å². The molecule has 0 unspecified atom stereocenters. The van der Waals surface area contributed by atoms with Crippen LogP contribution in [0, 0.1) is 5.82 Å². The third-order valence-corrected chi connectivity index (χ3v) is 5.86. The highest BCUT2D eigenvalue weighted by Gasteiger charge is 2.25. The van der Waals surface area contributed by atoms with Gasteiger partial charge in [0.15, 0.2) is 0 Å². The van der Waals surface area contributed by atoms with Crippen LogP contribution in [0.3, 0.4) is 0 Å². The number of amides is 3. The van der Waals surface area contributed by atoms with E-state index in [9.17, 15) is 14.0 Å². The van der Waals surface area contributed by atoms with Gasteiger partial charge in [-0.05, 0) is 42.7 Å². The molecular formula is C22H24FN5O2S. The summed E-state index contributed by atoms with van der Waals surface area (Å²) in [5.74, 6) is 1.29. The first-order valence-electron chi connectivity index (χ1n) is 10.1. The van der Waals surface area contributed by atoms with Crippen LogP contribution in [0.25, 0.3) is 11.0 Å². The zero-order valence-electron chi connectivity index (χ0n) is 17.3. The number of rotatable bonds is 5. The minimum absolute atomic E-state index is 0.0177. The van der Waals surface area contributed by atoms with Gasteiger partial charge in [0.25, 0.3) is 0 Å². The summed E-state index contributed by atoms with van der Waals surface area (Å²) in [4.78, 5) is 33.6. The second-order valence-corrected chi connectivity index (χ2v) is 8.21. The summed E-state index contributed by atoms with van der Waals surface area (Å²) in [6, 6.07) is 13.2. The molecule has 1 aliphatic heterocycles. The number of halogens is 1. The topological polar surface area (TPSA) is 70.5 Å². The number of hydrogen-bond donors (Lipinski definition) is 1. The lowest BCUT2D eigenvalue weighted by molar-refractivity contribution is -0.133. The predicted octanol–water partition coefficient (Wildman–Crippen LogP) is 3.41. The maximum absolute atomic E-state index is 13.0.